The summed E-state index contributed by atoms with van der Waals surface area (Å²) in [4.78, 5) is 20.4. The molecule has 1 saturated heterocycles. The Morgan fingerprint density at radius 1 is 0.778 bits per heavy atom. The lowest BCUT2D eigenvalue weighted by Crippen LogP contribution is -2.46. The lowest BCUT2D eigenvalue weighted by atomic mass is 10.0. The van der Waals surface area contributed by atoms with Crippen molar-refractivity contribution in [2.45, 2.75) is 32.1 Å². The summed E-state index contributed by atoms with van der Waals surface area (Å²) in [5.74, 6) is 1.34. The van der Waals surface area contributed by atoms with Crippen molar-refractivity contribution in [1.82, 2.24) is 9.27 Å². The first-order chi connectivity index (χ1) is 17.8. The van der Waals surface area contributed by atoms with Crippen LogP contribution in [0.2, 0.25) is 0 Å². The number of aryl methyl sites for hydroxylation is 2. The molecule has 1 aromatic heterocycles. The highest BCUT2D eigenvalue weighted by Gasteiger charge is 2.25. The van der Waals surface area contributed by atoms with Gasteiger partial charge in [-0.05, 0) is 79.2 Å². The fourth-order valence-electron chi connectivity index (χ4n) is 5.56. The van der Waals surface area contributed by atoms with Crippen LogP contribution in [0.25, 0.3) is 10.1 Å². The number of rotatable bonds is 6. The predicted molar refractivity (Wildman–Crippen MR) is 150 cm³/mol. The molecule has 184 valence electrons. The van der Waals surface area contributed by atoms with Gasteiger partial charge >= 0.3 is 0 Å². The van der Waals surface area contributed by atoms with Crippen LogP contribution in [0.4, 0.5) is 17.2 Å². The summed E-state index contributed by atoms with van der Waals surface area (Å²) >= 11 is 1.59. The monoisotopic (exact) mass is 496 g/mol. The van der Waals surface area contributed by atoms with Gasteiger partial charge in [-0.25, -0.2) is 0 Å². The van der Waals surface area contributed by atoms with Gasteiger partial charge in [0.2, 0.25) is 5.91 Å². The minimum atomic E-state index is 0.206. The van der Waals surface area contributed by atoms with Gasteiger partial charge in [0.1, 0.15) is 5.82 Å². The largest absolute Gasteiger partial charge is 0.353 e. The van der Waals surface area contributed by atoms with E-state index in [-0.39, 0.29) is 5.91 Å². The summed E-state index contributed by atoms with van der Waals surface area (Å²) < 4.78 is 5.99. The van der Waals surface area contributed by atoms with E-state index in [0.29, 0.717) is 6.42 Å². The molecule has 0 radical (unpaired) electrons. The molecule has 2 aliphatic heterocycles. The van der Waals surface area contributed by atoms with Gasteiger partial charge in [-0.1, -0.05) is 48.5 Å². The van der Waals surface area contributed by atoms with Gasteiger partial charge < -0.3 is 4.90 Å². The number of hydrogen-bond donors (Lipinski definition) is 0. The number of piperazine rings is 1. The molecule has 0 aliphatic carbocycles. The maximum atomic E-state index is 13.5. The van der Waals surface area contributed by atoms with Crippen molar-refractivity contribution in [2.75, 3.05) is 42.5 Å². The molecule has 0 atom stereocenters. The summed E-state index contributed by atoms with van der Waals surface area (Å²) in [6, 6.07) is 25.3. The molecule has 0 unspecified atom stereocenters. The zero-order valence-electron chi connectivity index (χ0n) is 20.6. The number of benzene rings is 3. The van der Waals surface area contributed by atoms with Crippen LogP contribution in [-0.4, -0.2) is 47.9 Å². The average molecular weight is 497 g/mol. The van der Waals surface area contributed by atoms with Gasteiger partial charge in [0.05, 0.1) is 16.1 Å². The molecule has 3 aromatic carbocycles. The van der Waals surface area contributed by atoms with E-state index >= 15 is 0 Å². The molecule has 4 aromatic rings. The molecule has 2 aliphatic rings. The SMILES string of the molecule is O=C(CCCCN1CCN(c2nsc3ccccc23)CC1)N1c2ccccc2CCc2ccccc21. The number of carbonyl (C=O) groups is 1. The minimum Gasteiger partial charge on any atom is -0.353 e. The zero-order valence-corrected chi connectivity index (χ0v) is 21.4. The van der Waals surface area contributed by atoms with E-state index in [1.165, 1.54) is 21.2 Å². The fraction of sp³-hybridized carbons (Fsp3) is 0.333. The summed E-state index contributed by atoms with van der Waals surface area (Å²) in [5.41, 5.74) is 4.62. The number of amides is 1. The number of para-hydroxylation sites is 2. The molecule has 3 heterocycles. The molecule has 6 rings (SSSR count). The van der Waals surface area contributed by atoms with Crippen LogP contribution >= 0.6 is 11.5 Å². The van der Waals surface area contributed by atoms with Crippen LogP contribution in [0.5, 0.6) is 0 Å². The smallest absolute Gasteiger partial charge is 0.231 e. The van der Waals surface area contributed by atoms with Crippen LogP contribution in [0.1, 0.15) is 30.4 Å². The van der Waals surface area contributed by atoms with Crippen molar-refractivity contribution in [3.05, 3.63) is 83.9 Å². The van der Waals surface area contributed by atoms with Crippen LogP contribution < -0.4 is 9.80 Å². The molecule has 36 heavy (non-hydrogen) atoms. The van der Waals surface area contributed by atoms with E-state index in [1.807, 2.05) is 17.0 Å². The molecule has 0 bridgehead atoms. The molecular formula is C30H32N4OS. The third-order valence-corrected chi connectivity index (χ3v) is 8.34. The first-order valence-electron chi connectivity index (χ1n) is 13.1. The number of nitrogens with zero attached hydrogens (tertiary/aromatic N) is 4. The van der Waals surface area contributed by atoms with Gasteiger partial charge in [-0.15, -0.1) is 0 Å². The number of unbranched alkanes of at least 4 members (excludes halogenated alkanes) is 1. The van der Waals surface area contributed by atoms with E-state index in [0.717, 1.165) is 75.6 Å². The minimum absolute atomic E-state index is 0.206. The highest BCUT2D eigenvalue weighted by atomic mass is 32.1. The number of carbonyl (C=O) groups excluding carboxylic acids is 1. The van der Waals surface area contributed by atoms with E-state index in [2.05, 4.69) is 70.5 Å². The van der Waals surface area contributed by atoms with E-state index in [9.17, 15) is 4.79 Å². The molecule has 0 spiro atoms. The van der Waals surface area contributed by atoms with Gasteiger partial charge in [0.25, 0.3) is 0 Å². The third kappa shape index (κ3) is 4.63. The van der Waals surface area contributed by atoms with Crippen molar-refractivity contribution in [2.24, 2.45) is 0 Å². The maximum absolute atomic E-state index is 13.5. The van der Waals surface area contributed by atoms with Crippen molar-refractivity contribution in [3.63, 3.8) is 0 Å². The van der Waals surface area contributed by atoms with Crippen molar-refractivity contribution in [1.29, 1.82) is 0 Å². The summed E-state index contributed by atoms with van der Waals surface area (Å²) in [6.45, 7) is 5.16. The zero-order chi connectivity index (χ0) is 24.3. The Hall–Kier alpha value is -3.22. The second kappa shape index (κ2) is 10.4. The topological polar surface area (TPSA) is 39.7 Å². The lowest BCUT2D eigenvalue weighted by molar-refractivity contribution is -0.118. The van der Waals surface area contributed by atoms with Crippen molar-refractivity contribution in [3.8, 4) is 0 Å². The highest BCUT2D eigenvalue weighted by Crippen LogP contribution is 2.36. The summed E-state index contributed by atoms with van der Waals surface area (Å²) in [7, 11) is 0. The van der Waals surface area contributed by atoms with Crippen LogP contribution in [0, 0.1) is 0 Å². The average Bonchev–Trinajstić information content (AvgIpc) is 3.28. The highest BCUT2D eigenvalue weighted by molar-refractivity contribution is 7.13. The molecule has 6 heteroatoms. The molecule has 1 fully saturated rings. The Morgan fingerprint density at radius 3 is 2.14 bits per heavy atom. The normalized spacial score (nSPS) is 16.0. The number of hydrogen-bond acceptors (Lipinski definition) is 5. The first kappa shape index (κ1) is 23.2. The van der Waals surface area contributed by atoms with Crippen molar-refractivity contribution >= 4 is 44.7 Å². The maximum Gasteiger partial charge on any atom is 0.231 e. The Bertz CT molecular complexity index is 1310. The number of anilines is 3. The standard InChI is InChI=1S/C30H32N4OS/c35-29(34-26-12-4-1-9-23(26)16-17-24-10-2-5-13-27(24)34)15-7-8-18-32-19-21-33(22-20-32)30-25-11-3-6-14-28(25)36-31-30/h1-6,9-14H,7-8,15-22H2. The second-order valence-corrected chi connectivity index (χ2v) is 10.6. The summed E-state index contributed by atoms with van der Waals surface area (Å²) in [5, 5.41) is 1.27. The van der Waals surface area contributed by atoms with Crippen LogP contribution in [0.15, 0.2) is 72.8 Å². The fourth-order valence-corrected chi connectivity index (χ4v) is 6.35. The number of fused-ring (bicyclic) bond motifs is 3. The van der Waals surface area contributed by atoms with Crippen LogP contribution in [-0.2, 0) is 17.6 Å². The van der Waals surface area contributed by atoms with E-state index < -0.39 is 0 Å². The summed E-state index contributed by atoms with van der Waals surface area (Å²) in [6.07, 6.45) is 4.48. The molecule has 0 N–H and O–H groups in total. The van der Waals surface area contributed by atoms with Crippen molar-refractivity contribution < 1.29 is 4.79 Å². The lowest BCUT2D eigenvalue weighted by Gasteiger charge is -2.35. The van der Waals surface area contributed by atoms with Crippen LogP contribution in [0.3, 0.4) is 0 Å². The van der Waals surface area contributed by atoms with Gasteiger partial charge in [-0.3, -0.25) is 14.6 Å². The first-order valence-corrected chi connectivity index (χ1v) is 13.9. The quantitative estimate of drug-likeness (QED) is 0.305. The van der Waals surface area contributed by atoms with Gasteiger partial charge in [0, 0.05) is 38.0 Å². The van der Waals surface area contributed by atoms with Gasteiger partial charge in [0.15, 0.2) is 0 Å². The Labute approximate surface area is 217 Å². The Kier molecular flexibility index (Phi) is 6.71. The molecule has 1 amide bonds. The second-order valence-electron chi connectivity index (χ2n) is 9.77. The Balaban J connectivity index is 1.03. The molecule has 5 nitrogen and oxygen atoms in total. The van der Waals surface area contributed by atoms with E-state index in [1.54, 1.807) is 11.5 Å². The van der Waals surface area contributed by atoms with E-state index in [4.69, 9.17) is 4.37 Å². The number of aromatic nitrogens is 1. The Morgan fingerprint density at radius 2 is 1.42 bits per heavy atom. The third-order valence-electron chi connectivity index (χ3n) is 7.52. The van der Waals surface area contributed by atoms with Gasteiger partial charge in [-0.2, -0.15) is 4.37 Å². The predicted octanol–water partition coefficient (Wildman–Crippen LogP) is 6.05. The molecule has 0 saturated carbocycles. The molecular weight excluding hydrogens is 464 g/mol.